The van der Waals surface area contributed by atoms with E-state index in [1.54, 1.807) is 6.92 Å². The van der Waals surface area contributed by atoms with Gasteiger partial charge in [-0.15, -0.1) is 0 Å². The number of aryl methyl sites for hydroxylation is 1. The van der Waals surface area contributed by atoms with Crippen molar-refractivity contribution in [2.24, 2.45) is 0 Å². The van der Waals surface area contributed by atoms with Crippen LogP contribution in [0.3, 0.4) is 0 Å². The molecule has 2 aromatic rings. The molecule has 1 saturated heterocycles. The summed E-state index contributed by atoms with van der Waals surface area (Å²) in [7, 11) is 0. The molecule has 1 N–H and O–H groups in total. The van der Waals surface area contributed by atoms with Gasteiger partial charge in [0.25, 0.3) is 0 Å². The molecule has 1 aliphatic rings. The minimum absolute atomic E-state index is 0.115. The first-order valence-corrected chi connectivity index (χ1v) is 7.18. The van der Waals surface area contributed by atoms with Gasteiger partial charge in [0, 0.05) is 11.0 Å². The molecule has 0 spiro atoms. The molecule has 6 heteroatoms. The van der Waals surface area contributed by atoms with Gasteiger partial charge in [0.15, 0.2) is 0 Å². The van der Waals surface area contributed by atoms with E-state index < -0.39 is 0 Å². The van der Waals surface area contributed by atoms with E-state index in [4.69, 9.17) is 4.52 Å². The van der Waals surface area contributed by atoms with Crippen LogP contribution in [0.4, 0.5) is 10.5 Å². The van der Waals surface area contributed by atoms with Crippen molar-refractivity contribution in [3.8, 4) is 0 Å². The molecule has 0 saturated carbocycles. The number of rotatable bonds is 2. The Bertz CT molecular complexity index is 624. The molecule has 0 bridgehead atoms. The lowest BCUT2D eigenvalue weighted by Crippen LogP contribution is -2.47. The highest BCUT2D eigenvalue weighted by Crippen LogP contribution is 2.34. The second kappa shape index (κ2) is 5.28. The number of nitrogens with zero attached hydrogens (tertiary/aromatic N) is 2. The van der Waals surface area contributed by atoms with Crippen LogP contribution in [0.15, 0.2) is 39.5 Å². The largest absolute Gasteiger partial charge is 0.362 e. The lowest BCUT2D eigenvalue weighted by Gasteiger charge is -2.41. The number of urea groups is 1. The maximum absolute atomic E-state index is 12.2. The summed E-state index contributed by atoms with van der Waals surface area (Å²) in [6.07, 6.45) is 2.43. The molecule has 1 atom stereocenters. The number of benzene rings is 1. The van der Waals surface area contributed by atoms with Crippen molar-refractivity contribution in [3.63, 3.8) is 0 Å². The summed E-state index contributed by atoms with van der Waals surface area (Å²) < 4.78 is 5.85. The molecule has 0 radical (unpaired) electrons. The monoisotopic (exact) mass is 335 g/mol. The number of nitrogens with one attached hydrogen (secondary N) is 1. The molecule has 1 aliphatic heterocycles. The zero-order chi connectivity index (χ0) is 14.1. The Morgan fingerprint density at radius 3 is 2.75 bits per heavy atom. The van der Waals surface area contributed by atoms with Crippen molar-refractivity contribution in [3.05, 3.63) is 46.3 Å². The quantitative estimate of drug-likeness (QED) is 0.909. The Labute approximate surface area is 125 Å². The smallest absolute Gasteiger partial charge is 0.322 e. The third-order valence-corrected chi connectivity index (χ3v) is 4.06. The molecular formula is C14H14BrN3O2. The standard InChI is InChI=1S/C14H14BrN3O2/c1-9-12(8-20-17-9)16-14(19)18-7-6-13(18)10-2-4-11(15)5-3-10/h2-5,8,13H,6-7H2,1H3,(H,16,19). The third-order valence-electron chi connectivity index (χ3n) is 3.53. The number of amides is 2. The van der Waals surface area contributed by atoms with Crippen LogP contribution < -0.4 is 5.32 Å². The fraction of sp³-hybridized carbons (Fsp3) is 0.286. The third kappa shape index (κ3) is 2.43. The highest BCUT2D eigenvalue weighted by atomic mass is 79.9. The topological polar surface area (TPSA) is 58.4 Å². The molecule has 3 rings (SSSR count). The first-order valence-electron chi connectivity index (χ1n) is 6.39. The van der Waals surface area contributed by atoms with Crippen LogP contribution >= 0.6 is 15.9 Å². The van der Waals surface area contributed by atoms with Crippen molar-refractivity contribution in [1.29, 1.82) is 0 Å². The Balaban J connectivity index is 1.70. The summed E-state index contributed by atoms with van der Waals surface area (Å²) in [5.41, 5.74) is 2.45. The van der Waals surface area contributed by atoms with E-state index in [1.165, 1.54) is 6.26 Å². The summed E-state index contributed by atoms with van der Waals surface area (Å²) in [6.45, 7) is 2.55. The van der Waals surface area contributed by atoms with Gasteiger partial charge in [-0.1, -0.05) is 33.2 Å². The van der Waals surface area contributed by atoms with Crippen LogP contribution in [-0.2, 0) is 0 Å². The van der Waals surface area contributed by atoms with Crippen LogP contribution in [0, 0.1) is 6.92 Å². The van der Waals surface area contributed by atoms with Gasteiger partial charge in [-0.2, -0.15) is 0 Å². The van der Waals surface area contributed by atoms with Crippen molar-refractivity contribution >= 4 is 27.6 Å². The SMILES string of the molecule is Cc1nocc1NC(=O)N1CCC1c1ccc(Br)cc1. The summed E-state index contributed by atoms with van der Waals surface area (Å²) in [4.78, 5) is 14.0. The highest BCUT2D eigenvalue weighted by Gasteiger charge is 2.33. The maximum atomic E-state index is 12.2. The van der Waals surface area contributed by atoms with Gasteiger partial charge in [-0.25, -0.2) is 4.79 Å². The number of aromatic nitrogens is 1. The van der Waals surface area contributed by atoms with Gasteiger partial charge in [-0.05, 0) is 31.0 Å². The first-order chi connectivity index (χ1) is 9.65. The minimum Gasteiger partial charge on any atom is -0.362 e. The second-order valence-electron chi connectivity index (χ2n) is 4.79. The molecule has 5 nitrogen and oxygen atoms in total. The van der Waals surface area contributed by atoms with Gasteiger partial charge in [0.1, 0.15) is 17.6 Å². The van der Waals surface area contributed by atoms with Crippen molar-refractivity contribution in [1.82, 2.24) is 10.1 Å². The number of hydrogen-bond donors (Lipinski definition) is 1. The second-order valence-corrected chi connectivity index (χ2v) is 5.71. The fourth-order valence-corrected chi connectivity index (χ4v) is 2.53. The Morgan fingerprint density at radius 2 is 2.20 bits per heavy atom. The average molecular weight is 336 g/mol. The van der Waals surface area contributed by atoms with E-state index in [0.717, 1.165) is 23.0 Å². The predicted molar refractivity (Wildman–Crippen MR) is 78.5 cm³/mol. The predicted octanol–water partition coefficient (Wildman–Crippen LogP) is 3.72. The molecule has 2 heterocycles. The molecule has 104 valence electrons. The molecule has 1 aromatic carbocycles. The molecule has 1 unspecified atom stereocenters. The summed E-state index contributed by atoms with van der Waals surface area (Å²) in [6, 6.07) is 8.10. The van der Waals surface area contributed by atoms with Crippen LogP contribution in [0.25, 0.3) is 0 Å². The Kier molecular flexibility index (Phi) is 3.48. The zero-order valence-corrected chi connectivity index (χ0v) is 12.6. The lowest BCUT2D eigenvalue weighted by molar-refractivity contribution is 0.126. The molecule has 1 aromatic heterocycles. The number of likely N-dealkylation sites (tertiary alicyclic amines) is 1. The molecule has 20 heavy (non-hydrogen) atoms. The van der Waals surface area contributed by atoms with E-state index in [1.807, 2.05) is 29.2 Å². The van der Waals surface area contributed by atoms with E-state index in [0.29, 0.717) is 11.4 Å². The van der Waals surface area contributed by atoms with Gasteiger partial charge in [0.2, 0.25) is 0 Å². The van der Waals surface area contributed by atoms with E-state index >= 15 is 0 Å². The lowest BCUT2D eigenvalue weighted by atomic mass is 9.95. The van der Waals surface area contributed by atoms with E-state index in [9.17, 15) is 4.79 Å². The van der Waals surface area contributed by atoms with Crippen LogP contribution in [-0.4, -0.2) is 22.6 Å². The first kappa shape index (κ1) is 13.2. The van der Waals surface area contributed by atoms with Crippen LogP contribution in [0.2, 0.25) is 0 Å². The van der Waals surface area contributed by atoms with Crippen LogP contribution in [0.1, 0.15) is 23.7 Å². The summed E-state index contributed by atoms with van der Waals surface area (Å²) in [5.74, 6) is 0. The Hall–Kier alpha value is -1.82. The van der Waals surface area contributed by atoms with Gasteiger partial charge >= 0.3 is 6.03 Å². The average Bonchev–Trinajstić information content (AvgIpc) is 2.76. The zero-order valence-electron chi connectivity index (χ0n) is 11.0. The van der Waals surface area contributed by atoms with Crippen molar-refractivity contribution in [2.45, 2.75) is 19.4 Å². The number of halogens is 1. The number of hydrogen-bond acceptors (Lipinski definition) is 3. The van der Waals surface area contributed by atoms with Crippen molar-refractivity contribution in [2.75, 3.05) is 11.9 Å². The molecule has 0 aliphatic carbocycles. The summed E-state index contributed by atoms with van der Waals surface area (Å²) >= 11 is 3.42. The van der Waals surface area contributed by atoms with Gasteiger partial charge in [-0.3, -0.25) is 0 Å². The maximum Gasteiger partial charge on any atom is 0.322 e. The van der Waals surface area contributed by atoms with Gasteiger partial charge in [0.05, 0.1) is 6.04 Å². The summed E-state index contributed by atoms with van der Waals surface area (Å²) in [5, 5.41) is 6.57. The number of carbonyl (C=O) groups is 1. The van der Waals surface area contributed by atoms with Crippen LogP contribution in [0.5, 0.6) is 0 Å². The van der Waals surface area contributed by atoms with E-state index in [-0.39, 0.29) is 12.1 Å². The molecule has 2 amide bonds. The fourth-order valence-electron chi connectivity index (χ4n) is 2.26. The molecule has 1 fully saturated rings. The van der Waals surface area contributed by atoms with Crippen molar-refractivity contribution < 1.29 is 9.32 Å². The molecular weight excluding hydrogens is 322 g/mol. The number of anilines is 1. The van der Waals surface area contributed by atoms with E-state index in [2.05, 4.69) is 26.4 Å². The Morgan fingerprint density at radius 1 is 1.45 bits per heavy atom. The number of carbonyl (C=O) groups excluding carboxylic acids is 1. The normalized spacial score (nSPS) is 17.7. The van der Waals surface area contributed by atoms with Gasteiger partial charge < -0.3 is 14.7 Å². The minimum atomic E-state index is -0.115. The highest BCUT2D eigenvalue weighted by molar-refractivity contribution is 9.10.